The summed E-state index contributed by atoms with van der Waals surface area (Å²) in [4.78, 5) is 0. The Morgan fingerprint density at radius 3 is 1.88 bits per heavy atom. The van der Waals surface area contributed by atoms with Crippen molar-refractivity contribution in [3.63, 3.8) is 0 Å². The first kappa shape index (κ1) is 22.7. The number of para-hydroxylation sites is 1. The second kappa shape index (κ2) is 14.8. The molecule has 1 aromatic rings. The van der Waals surface area contributed by atoms with Crippen LogP contribution in [0, 0.1) is 0 Å². The summed E-state index contributed by atoms with van der Waals surface area (Å²) in [6, 6.07) is 4.92. The Bertz CT molecular complexity index is 459. The first-order valence-corrected chi connectivity index (χ1v) is 10.9. The standard InChI is InChI=1S/C23H40O3/c1-3-5-7-8-9-10-11-12-13-14-17-20(16-6-4-2)26-22-19-15-18-21(24)23(22)25/h15,18-20,24-25H,3-14,16-17H2,1-2H3. The van der Waals surface area contributed by atoms with Gasteiger partial charge >= 0.3 is 0 Å². The van der Waals surface area contributed by atoms with Gasteiger partial charge in [-0.25, -0.2) is 0 Å². The fourth-order valence-electron chi connectivity index (χ4n) is 3.34. The third kappa shape index (κ3) is 9.94. The lowest BCUT2D eigenvalue weighted by Gasteiger charge is -2.20. The van der Waals surface area contributed by atoms with Crippen LogP contribution in [0.2, 0.25) is 0 Å². The molecule has 150 valence electrons. The van der Waals surface area contributed by atoms with Crippen LogP contribution in [0.3, 0.4) is 0 Å². The van der Waals surface area contributed by atoms with Gasteiger partial charge in [0.15, 0.2) is 11.5 Å². The fourth-order valence-corrected chi connectivity index (χ4v) is 3.34. The molecule has 0 amide bonds. The van der Waals surface area contributed by atoms with Crippen molar-refractivity contribution in [3.8, 4) is 17.2 Å². The van der Waals surface area contributed by atoms with Gasteiger partial charge in [0.05, 0.1) is 6.10 Å². The van der Waals surface area contributed by atoms with Crippen molar-refractivity contribution in [2.24, 2.45) is 0 Å². The second-order valence-corrected chi connectivity index (χ2v) is 7.48. The van der Waals surface area contributed by atoms with Crippen LogP contribution in [0.1, 0.15) is 104 Å². The minimum atomic E-state index is -0.142. The SMILES string of the molecule is CCCCCCCCCCCCC(CCCC)Oc1cccc(O)c1O. The summed E-state index contributed by atoms with van der Waals surface area (Å²) >= 11 is 0. The highest BCUT2D eigenvalue weighted by molar-refractivity contribution is 5.48. The Kier molecular flexibility index (Phi) is 12.9. The summed E-state index contributed by atoms with van der Waals surface area (Å²) in [5.74, 6) is 0.144. The first-order valence-electron chi connectivity index (χ1n) is 10.9. The van der Waals surface area contributed by atoms with Crippen LogP contribution in [0.25, 0.3) is 0 Å². The Hall–Kier alpha value is -1.38. The Morgan fingerprint density at radius 2 is 1.27 bits per heavy atom. The molecule has 0 radical (unpaired) electrons. The average Bonchev–Trinajstić information content (AvgIpc) is 2.64. The molecule has 0 heterocycles. The van der Waals surface area contributed by atoms with Crippen LogP contribution in [0.5, 0.6) is 17.2 Å². The highest BCUT2D eigenvalue weighted by Gasteiger charge is 2.14. The number of aromatic hydroxyl groups is 2. The van der Waals surface area contributed by atoms with Crippen LogP contribution in [-0.2, 0) is 0 Å². The number of phenols is 2. The van der Waals surface area contributed by atoms with Gasteiger partial charge in [0, 0.05) is 0 Å². The fraction of sp³-hybridized carbons (Fsp3) is 0.739. The zero-order valence-corrected chi connectivity index (χ0v) is 17.0. The van der Waals surface area contributed by atoms with E-state index in [1.165, 1.54) is 70.3 Å². The molecule has 1 atom stereocenters. The summed E-state index contributed by atoms with van der Waals surface area (Å²) in [7, 11) is 0. The second-order valence-electron chi connectivity index (χ2n) is 7.48. The Morgan fingerprint density at radius 1 is 0.731 bits per heavy atom. The lowest BCUT2D eigenvalue weighted by molar-refractivity contribution is 0.166. The van der Waals surface area contributed by atoms with Crippen molar-refractivity contribution in [1.29, 1.82) is 0 Å². The molecule has 0 fully saturated rings. The minimum Gasteiger partial charge on any atom is -0.504 e. The molecule has 0 saturated carbocycles. The molecule has 1 unspecified atom stereocenters. The number of unbranched alkanes of at least 4 members (excludes halogenated alkanes) is 10. The quantitative estimate of drug-likeness (QED) is 0.238. The zero-order chi connectivity index (χ0) is 19.0. The number of hydrogen-bond donors (Lipinski definition) is 2. The van der Waals surface area contributed by atoms with Crippen molar-refractivity contribution < 1.29 is 14.9 Å². The van der Waals surface area contributed by atoms with E-state index in [1.54, 1.807) is 12.1 Å². The Balaban J connectivity index is 2.23. The van der Waals surface area contributed by atoms with E-state index in [9.17, 15) is 10.2 Å². The number of hydrogen-bond acceptors (Lipinski definition) is 3. The van der Waals surface area contributed by atoms with Gasteiger partial charge < -0.3 is 14.9 Å². The normalized spacial score (nSPS) is 12.2. The van der Waals surface area contributed by atoms with Crippen LogP contribution < -0.4 is 4.74 Å². The molecule has 2 N–H and O–H groups in total. The molecule has 1 rings (SSSR count). The molecule has 0 aliphatic rings. The predicted octanol–water partition coefficient (Wildman–Crippen LogP) is 7.35. The summed E-state index contributed by atoms with van der Waals surface area (Å²) in [5.41, 5.74) is 0. The maximum absolute atomic E-state index is 9.94. The lowest BCUT2D eigenvalue weighted by atomic mass is 10.0. The molecule has 0 bridgehead atoms. The molecular formula is C23H40O3. The predicted molar refractivity (Wildman–Crippen MR) is 110 cm³/mol. The van der Waals surface area contributed by atoms with E-state index in [1.807, 2.05) is 0 Å². The summed E-state index contributed by atoms with van der Waals surface area (Å²) in [6.45, 7) is 4.45. The van der Waals surface area contributed by atoms with Gasteiger partial charge in [0.2, 0.25) is 5.75 Å². The van der Waals surface area contributed by atoms with Gasteiger partial charge in [-0.05, 0) is 31.4 Å². The van der Waals surface area contributed by atoms with Gasteiger partial charge in [0.25, 0.3) is 0 Å². The molecule has 0 aromatic heterocycles. The molecule has 0 aliphatic heterocycles. The van der Waals surface area contributed by atoms with Gasteiger partial charge in [0.1, 0.15) is 0 Å². The van der Waals surface area contributed by atoms with Gasteiger partial charge in [-0.3, -0.25) is 0 Å². The summed E-state index contributed by atoms with van der Waals surface area (Å²) < 4.78 is 6.00. The van der Waals surface area contributed by atoms with Crippen LogP contribution in [0.15, 0.2) is 18.2 Å². The molecule has 0 spiro atoms. The molecule has 0 aliphatic carbocycles. The van der Waals surface area contributed by atoms with Crippen LogP contribution in [0.4, 0.5) is 0 Å². The topological polar surface area (TPSA) is 49.7 Å². The number of ether oxygens (including phenoxy) is 1. The maximum atomic E-state index is 9.94. The molecule has 3 nitrogen and oxygen atoms in total. The van der Waals surface area contributed by atoms with Gasteiger partial charge in [-0.15, -0.1) is 0 Å². The monoisotopic (exact) mass is 364 g/mol. The molecular weight excluding hydrogens is 324 g/mol. The van der Waals surface area contributed by atoms with Crippen LogP contribution in [-0.4, -0.2) is 16.3 Å². The van der Waals surface area contributed by atoms with Gasteiger partial charge in [-0.1, -0.05) is 90.5 Å². The molecule has 1 aromatic carbocycles. The van der Waals surface area contributed by atoms with Crippen molar-refractivity contribution in [3.05, 3.63) is 18.2 Å². The molecule has 3 heteroatoms. The van der Waals surface area contributed by atoms with Crippen molar-refractivity contribution >= 4 is 0 Å². The van der Waals surface area contributed by atoms with Crippen molar-refractivity contribution in [2.75, 3.05) is 0 Å². The van der Waals surface area contributed by atoms with Crippen LogP contribution >= 0.6 is 0 Å². The lowest BCUT2D eigenvalue weighted by Crippen LogP contribution is -2.16. The number of rotatable bonds is 16. The van der Waals surface area contributed by atoms with E-state index in [-0.39, 0.29) is 17.6 Å². The van der Waals surface area contributed by atoms with Crippen molar-refractivity contribution in [1.82, 2.24) is 0 Å². The molecule has 26 heavy (non-hydrogen) atoms. The number of benzene rings is 1. The highest BCUT2D eigenvalue weighted by atomic mass is 16.5. The minimum absolute atomic E-state index is 0.115. The van der Waals surface area contributed by atoms with E-state index in [0.717, 1.165) is 25.7 Å². The summed E-state index contributed by atoms with van der Waals surface area (Å²) in [6.07, 6.45) is 17.8. The van der Waals surface area contributed by atoms with E-state index >= 15 is 0 Å². The number of phenolic OH excluding ortho intramolecular Hbond substituents is 2. The van der Waals surface area contributed by atoms with E-state index < -0.39 is 0 Å². The first-order chi connectivity index (χ1) is 12.7. The third-order valence-corrected chi connectivity index (χ3v) is 5.03. The average molecular weight is 365 g/mol. The third-order valence-electron chi connectivity index (χ3n) is 5.03. The van der Waals surface area contributed by atoms with Crippen molar-refractivity contribution in [2.45, 2.75) is 110 Å². The van der Waals surface area contributed by atoms with E-state index in [2.05, 4.69) is 13.8 Å². The van der Waals surface area contributed by atoms with Gasteiger partial charge in [-0.2, -0.15) is 0 Å². The van der Waals surface area contributed by atoms with E-state index in [0.29, 0.717) is 5.75 Å². The molecule has 0 saturated heterocycles. The highest BCUT2D eigenvalue weighted by Crippen LogP contribution is 2.36. The summed E-state index contributed by atoms with van der Waals surface area (Å²) in [5, 5.41) is 19.6. The zero-order valence-electron chi connectivity index (χ0n) is 17.0. The maximum Gasteiger partial charge on any atom is 0.200 e. The largest absolute Gasteiger partial charge is 0.504 e. The van der Waals surface area contributed by atoms with E-state index in [4.69, 9.17) is 4.74 Å². The Labute approximate surface area is 160 Å². The smallest absolute Gasteiger partial charge is 0.200 e.